The molecule has 0 aromatic carbocycles. The second-order valence-electron chi connectivity index (χ2n) is 5.53. The first-order valence-electron chi connectivity index (χ1n) is 7.93. The number of hydrogen-bond acceptors (Lipinski definition) is 5. The molecule has 7 nitrogen and oxygen atoms in total. The van der Waals surface area contributed by atoms with Gasteiger partial charge in [0, 0.05) is 36.9 Å². The van der Waals surface area contributed by atoms with Gasteiger partial charge in [-0.25, -0.2) is 4.98 Å². The van der Waals surface area contributed by atoms with Crippen LogP contribution in [-0.4, -0.2) is 36.6 Å². The molecule has 0 fully saturated rings. The lowest BCUT2D eigenvalue weighted by atomic mass is 10.3. The number of amides is 1. The van der Waals surface area contributed by atoms with Crippen LogP contribution in [0.15, 0.2) is 54.3 Å². The van der Waals surface area contributed by atoms with Crippen LogP contribution < -0.4 is 5.32 Å². The highest BCUT2D eigenvalue weighted by Crippen LogP contribution is 2.15. The molecule has 0 spiro atoms. The first-order valence-corrected chi connectivity index (χ1v) is 8.81. The van der Waals surface area contributed by atoms with Crippen molar-refractivity contribution in [3.8, 4) is 5.13 Å². The van der Waals surface area contributed by atoms with Crippen molar-refractivity contribution in [3.05, 3.63) is 65.8 Å². The van der Waals surface area contributed by atoms with Crippen LogP contribution in [0.4, 0.5) is 0 Å². The molecular weight excluding hydrogens is 336 g/mol. The summed E-state index contributed by atoms with van der Waals surface area (Å²) in [6.45, 7) is 0.517. The fourth-order valence-corrected chi connectivity index (χ4v) is 3.35. The molecule has 4 rings (SSSR count). The molecule has 0 atom stereocenters. The van der Waals surface area contributed by atoms with E-state index in [-0.39, 0.29) is 12.3 Å². The predicted molar refractivity (Wildman–Crippen MR) is 94.8 cm³/mol. The SMILES string of the molecule is O=C(Cc1csc(-n2cccc2)n1)NCCc1nnc2ccccn12. The molecule has 4 heterocycles. The molecule has 0 aliphatic heterocycles. The van der Waals surface area contributed by atoms with Gasteiger partial charge in [0.2, 0.25) is 5.91 Å². The average Bonchev–Trinajstić information content (AvgIpc) is 3.35. The number of nitrogens with one attached hydrogen (secondary N) is 1. The summed E-state index contributed by atoms with van der Waals surface area (Å²) in [5, 5.41) is 14.0. The fraction of sp³-hybridized carbons (Fsp3) is 0.176. The zero-order chi connectivity index (χ0) is 17.1. The minimum absolute atomic E-state index is 0.0434. The quantitative estimate of drug-likeness (QED) is 0.575. The molecule has 25 heavy (non-hydrogen) atoms. The third-order valence-corrected chi connectivity index (χ3v) is 4.66. The van der Waals surface area contributed by atoms with Crippen molar-refractivity contribution in [3.63, 3.8) is 0 Å². The van der Waals surface area contributed by atoms with Crippen LogP contribution in [0.25, 0.3) is 10.8 Å². The van der Waals surface area contributed by atoms with Crippen LogP contribution in [0.5, 0.6) is 0 Å². The zero-order valence-corrected chi connectivity index (χ0v) is 14.2. The lowest BCUT2D eigenvalue weighted by Gasteiger charge is -2.03. The largest absolute Gasteiger partial charge is 0.355 e. The Morgan fingerprint density at radius 1 is 1.12 bits per heavy atom. The predicted octanol–water partition coefficient (Wildman–Crippen LogP) is 1.88. The van der Waals surface area contributed by atoms with E-state index in [1.165, 1.54) is 11.3 Å². The summed E-state index contributed by atoms with van der Waals surface area (Å²) in [6.07, 6.45) is 6.70. The normalized spacial score (nSPS) is 11.0. The smallest absolute Gasteiger partial charge is 0.226 e. The van der Waals surface area contributed by atoms with E-state index >= 15 is 0 Å². The third-order valence-electron chi connectivity index (χ3n) is 3.76. The van der Waals surface area contributed by atoms with Crippen molar-refractivity contribution in [2.24, 2.45) is 0 Å². The Hall–Kier alpha value is -3.00. The highest BCUT2D eigenvalue weighted by molar-refractivity contribution is 7.12. The minimum atomic E-state index is -0.0434. The van der Waals surface area contributed by atoms with Gasteiger partial charge in [-0.3, -0.25) is 9.20 Å². The summed E-state index contributed by atoms with van der Waals surface area (Å²) in [5.41, 5.74) is 1.59. The van der Waals surface area contributed by atoms with Crippen LogP contribution >= 0.6 is 11.3 Å². The second-order valence-corrected chi connectivity index (χ2v) is 6.37. The maximum atomic E-state index is 12.1. The monoisotopic (exact) mass is 352 g/mol. The molecule has 0 saturated heterocycles. The number of carbonyl (C=O) groups excluding carboxylic acids is 1. The van der Waals surface area contributed by atoms with Crippen LogP contribution in [0.3, 0.4) is 0 Å². The molecular formula is C17H16N6OS. The Labute approximate surface area is 148 Å². The van der Waals surface area contributed by atoms with Gasteiger partial charge < -0.3 is 9.88 Å². The summed E-state index contributed by atoms with van der Waals surface area (Å²) in [6, 6.07) is 9.65. The van der Waals surface area contributed by atoms with E-state index in [1.807, 2.05) is 63.3 Å². The molecule has 0 aliphatic rings. The molecule has 0 bridgehead atoms. The van der Waals surface area contributed by atoms with Crippen molar-refractivity contribution in [2.75, 3.05) is 6.54 Å². The Kier molecular flexibility index (Phi) is 4.26. The van der Waals surface area contributed by atoms with Gasteiger partial charge in [0.25, 0.3) is 0 Å². The van der Waals surface area contributed by atoms with E-state index in [2.05, 4.69) is 20.5 Å². The summed E-state index contributed by atoms with van der Waals surface area (Å²) in [5.74, 6) is 0.789. The molecule has 0 radical (unpaired) electrons. The van der Waals surface area contributed by atoms with Crippen LogP contribution in [0.1, 0.15) is 11.5 Å². The molecule has 4 aromatic heterocycles. The number of pyridine rings is 1. The number of aromatic nitrogens is 5. The highest BCUT2D eigenvalue weighted by atomic mass is 32.1. The van der Waals surface area contributed by atoms with Crippen molar-refractivity contribution < 1.29 is 4.79 Å². The molecule has 8 heteroatoms. The standard InChI is InChI=1S/C17H16N6OS/c24-16(11-13-12-25-17(19-13)22-8-3-4-9-22)18-7-6-15-21-20-14-5-1-2-10-23(14)15/h1-5,8-10,12H,6-7,11H2,(H,18,24). The molecule has 4 aromatic rings. The Morgan fingerprint density at radius 2 is 1.96 bits per heavy atom. The number of carbonyl (C=O) groups is 1. The molecule has 126 valence electrons. The van der Waals surface area contributed by atoms with Gasteiger partial charge in [-0.15, -0.1) is 21.5 Å². The molecule has 0 aliphatic carbocycles. The van der Waals surface area contributed by atoms with E-state index in [4.69, 9.17) is 0 Å². The number of hydrogen-bond donors (Lipinski definition) is 1. The number of thiazole rings is 1. The number of fused-ring (bicyclic) bond motifs is 1. The van der Waals surface area contributed by atoms with E-state index in [0.29, 0.717) is 13.0 Å². The minimum Gasteiger partial charge on any atom is -0.355 e. The zero-order valence-electron chi connectivity index (χ0n) is 13.4. The van der Waals surface area contributed by atoms with Crippen molar-refractivity contribution in [1.82, 2.24) is 29.5 Å². The third kappa shape index (κ3) is 3.43. The van der Waals surface area contributed by atoms with Gasteiger partial charge in [-0.05, 0) is 24.3 Å². The van der Waals surface area contributed by atoms with Gasteiger partial charge >= 0.3 is 0 Å². The van der Waals surface area contributed by atoms with Crippen LogP contribution in [-0.2, 0) is 17.6 Å². The Morgan fingerprint density at radius 3 is 2.84 bits per heavy atom. The van der Waals surface area contributed by atoms with Gasteiger partial charge in [-0.1, -0.05) is 6.07 Å². The van der Waals surface area contributed by atoms with E-state index < -0.39 is 0 Å². The summed E-state index contributed by atoms with van der Waals surface area (Å²) in [4.78, 5) is 16.6. The topological polar surface area (TPSA) is 77.1 Å². The van der Waals surface area contributed by atoms with Gasteiger partial charge in [0.1, 0.15) is 5.82 Å². The number of rotatable bonds is 6. The van der Waals surface area contributed by atoms with Crippen LogP contribution in [0.2, 0.25) is 0 Å². The first-order chi connectivity index (χ1) is 12.3. The van der Waals surface area contributed by atoms with Gasteiger partial charge in [-0.2, -0.15) is 0 Å². The number of nitrogens with zero attached hydrogens (tertiary/aromatic N) is 5. The fourth-order valence-electron chi connectivity index (χ4n) is 2.56. The van der Waals surface area contributed by atoms with E-state index in [9.17, 15) is 4.79 Å². The van der Waals surface area contributed by atoms with E-state index in [0.717, 1.165) is 22.3 Å². The highest BCUT2D eigenvalue weighted by Gasteiger charge is 2.09. The van der Waals surface area contributed by atoms with Crippen molar-refractivity contribution in [2.45, 2.75) is 12.8 Å². The molecule has 0 unspecified atom stereocenters. The average molecular weight is 352 g/mol. The molecule has 0 saturated carbocycles. The molecule has 1 N–H and O–H groups in total. The van der Waals surface area contributed by atoms with Crippen molar-refractivity contribution >= 4 is 22.9 Å². The van der Waals surface area contributed by atoms with Crippen LogP contribution in [0, 0.1) is 0 Å². The van der Waals surface area contributed by atoms with Gasteiger partial charge in [0.15, 0.2) is 10.8 Å². The second kappa shape index (κ2) is 6.86. The lowest BCUT2D eigenvalue weighted by molar-refractivity contribution is -0.120. The summed E-state index contributed by atoms with van der Waals surface area (Å²) < 4.78 is 3.86. The Bertz CT molecular complexity index is 988. The lowest BCUT2D eigenvalue weighted by Crippen LogP contribution is -2.27. The molecule has 1 amide bonds. The van der Waals surface area contributed by atoms with Crippen molar-refractivity contribution in [1.29, 1.82) is 0 Å². The maximum Gasteiger partial charge on any atom is 0.226 e. The summed E-state index contributed by atoms with van der Waals surface area (Å²) in [7, 11) is 0. The summed E-state index contributed by atoms with van der Waals surface area (Å²) >= 11 is 1.52. The maximum absolute atomic E-state index is 12.1. The van der Waals surface area contributed by atoms with Gasteiger partial charge in [0.05, 0.1) is 12.1 Å². The first kappa shape index (κ1) is 15.5. The Balaban J connectivity index is 1.31. The van der Waals surface area contributed by atoms with E-state index in [1.54, 1.807) is 0 Å².